The zero-order valence-electron chi connectivity index (χ0n) is 16.5. The quantitative estimate of drug-likeness (QED) is 0.718. The predicted molar refractivity (Wildman–Crippen MR) is 111 cm³/mol. The minimum Gasteiger partial charge on any atom is -0.495 e. The molecule has 0 spiro atoms. The molecule has 2 aromatic rings. The second kappa shape index (κ2) is 9.20. The predicted octanol–water partition coefficient (Wildman–Crippen LogP) is 3.54. The second-order valence-electron chi connectivity index (χ2n) is 6.83. The minimum absolute atomic E-state index is 0.0310. The highest BCUT2D eigenvalue weighted by atomic mass is 35.5. The number of amides is 1. The Balaban J connectivity index is 1.81. The number of halogens is 2. The van der Waals surface area contributed by atoms with Crippen molar-refractivity contribution in [2.24, 2.45) is 5.92 Å². The van der Waals surface area contributed by atoms with Crippen molar-refractivity contribution in [3.63, 3.8) is 0 Å². The number of hydrogen-bond donors (Lipinski definition) is 1. The molecule has 0 radical (unpaired) electrons. The summed E-state index contributed by atoms with van der Waals surface area (Å²) in [7, 11) is -1.25. The summed E-state index contributed by atoms with van der Waals surface area (Å²) in [5.41, 5.74) is 0.404. The number of anilines is 1. The van der Waals surface area contributed by atoms with Crippen LogP contribution in [0.1, 0.15) is 12.8 Å². The van der Waals surface area contributed by atoms with E-state index in [0.717, 1.165) is 12.1 Å². The summed E-state index contributed by atoms with van der Waals surface area (Å²) >= 11 is 6.00. The molecule has 7 nitrogen and oxygen atoms in total. The van der Waals surface area contributed by atoms with Gasteiger partial charge >= 0.3 is 0 Å². The molecule has 3 rings (SSSR count). The Hall–Kier alpha value is -2.36. The van der Waals surface area contributed by atoms with Crippen molar-refractivity contribution < 1.29 is 27.1 Å². The summed E-state index contributed by atoms with van der Waals surface area (Å²) in [6, 6.07) is 8.15. The Bertz CT molecular complexity index is 1050. The SMILES string of the molecule is COc1ccc(Cl)cc1NC(=O)[C@H]1CCCN(S(=O)(=O)c2cc(F)ccc2OC)C1. The highest BCUT2D eigenvalue weighted by molar-refractivity contribution is 7.89. The number of carbonyl (C=O) groups excluding carboxylic acids is 1. The number of nitrogens with one attached hydrogen (secondary N) is 1. The normalized spacial score (nSPS) is 17.4. The number of ether oxygens (including phenoxy) is 2. The molecule has 1 aliphatic heterocycles. The number of hydrogen-bond acceptors (Lipinski definition) is 5. The Morgan fingerprint density at radius 2 is 1.87 bits per heavy atom. The van der Waals surface area contributed by atoms with Crippen molar-refractivity contribution in [3.8, 4) is 11.5 Å². The van der Waals surface area contributed by atoms with Gasteiger partial charge in [0, 0.05) is 18.1 Å². The number of sulfonamides is 1. The van der Waals surface area contributed by atoms with Crippen LogP contribution in [-0.2, 0) is 14.8 Å². The number of piperidine rings is 1. The monoisotopic (exact) mass is 456 g/mol. The van der Waals surface area contributed by atoms with Crippen LogP contribution in [-0.4, -0.2) is 45.9 Å². The average Bonchev–Trinajstić information content (AvgIpc) is 2.74. The van der Waals surface area contributed by atoms with Gasteiger partial charge in [-0.15, -0.1) is 0 Å². The second-order valence-corrected chi connectivity index (χ2v) is 9.17. The molecule has 1 heterocycles. The van der Waals surface area contributed by atoms with E-state index in [2.05, 4.69) is 5.32 Å². The lowest BCUT2D eigenvalue weighted by Crippen LogP contribution is -2.43. The van der Waals surface area contributed by atoms with Gasteiger partial charge in [-0.3, -0.25) is 4.79 Å². The van der Waals surface area contributed by atoms with Gasteiger partial charge in [-0.25, -0.2) is 12.8 Å². The molecule has 0 bridgehead atoms. The van der Waals surface area contributed by atoms with E-state index in [1.165, 1.54) is 24.6 Å². The third kappa shape index (κ3) is 4.69. The molecule has 2 aromatic carbocycles. The van der Waals surface area contributed by atoms with E-state index in [0.29, 0.717) is 29.3 Å². The van der Waals surface area contributed by atoms with Crippen molar-refractivity contribution in [1.82, 2.24) is 4.31 Å². The third-order valence-electron chi connectivity index (χ3n) is 4.92. The van der Waals surface area contributed by atoms with Gasteiger partial charge in [-0.05, 0) is 49.2 Å². The maximum Gasteiger partial charge on any atom is 0.246 e. The van der Waals surface area contributed by atoms with Crippen LogP contribution in [0.3, 0.4) is 0 Å². The van der Waals surface area contributed by atoms with Gasteiger partial charge in [0.05, 0.1) is 25.8 Å². The van der Waals surface area contributed by atoms with Crippen molar-refractivity contribution in [2.45, 2.75) is 17.7 Å². The zero-order valence-corrected chi connectivity index (χ0v) is 18.1. The van der Waals surface area contributed by atoms with Gasteiger partial charge in [0.1, 0.15) is 22.2 Å². The summed E-state index contributed by atoms with van der Waals surface area (Å²) in [6.07, 6.45) is 1.00. The van der Waals surface area contributed by atoms with Crippen molar-refractivity contribution >= 4 is 33.2 Å². The summed E-state index contributed by atoms with van der Waals surface area (Å²) in [4.78, 5) is 12.6. The summed E-state index contributed by atoms with van der Waals surface area (Å²) < 4.78 is 51.4. The van der Waals surface area contributed by atoms with Crippen LogP contribution in [0.15, 0.2) is 41.3 Å². The zero-order chi connectivity index (χ0) is 21.9. The first-order chi connectivity index (χ1) is 14.3. The first-order valence-electron chi connectivity index (χ1n) is 9.24. The molecular weight excluding hydrogens is 435 g/mol. The molecule has 30 heavy (non-hydrogen) atoms. The highest BCUT2D eigenvalue weighted by Crippen LogP contribution is 2.32. The minimum atomic E-state index is -4.04. The molecular formula is C20H22ClFN2O5S. The molecule has 1 amide bonds. The maximum absolute atomic E-state index is 13.7. The Labute approximate surface area is 179 Å². The van der Waals surface area contributed by atoms with E-state index >= 15 is 0 Å². The number of carbonyl (C=O) groups is 1. The first kappa shape index (κ1) is 22.3. The standard InChI is InChI=1S/C20H22ClFN2O5S/c1-28-17-7-5-14(21)10-16(17)23-20(25)13-4-3-9-24(12-13)30(26,27)19-11-15(22)6-8-18(19)29-2/h5-8,10-11,13H,3-4,9,12H2,1-2H3,(H,23,25)/t13-/m0/s1. The number of rotatable bonds is 6. The fourth-order valence-electron chi connectivity index (χ4n) is 3.38. The lowest BCUT2D eigenvalue weighted by molar-refractivity contribution is -0.120. The smallest absolute Gasteiger partial charge is 0.246 e. The Morgan fingerprint density at radius 3 is 2.57 bits per heavy atom. The van der Waals surface area contributed by atoms with E-state index in [4.69, 9.17) is 21.1 Å². The van der Waals surface area contributed by atoms with Crippen LogP contribution in [0.2, 0.25) is 5.02 Å². The lowest BCUT2D eigenvalue weighted by atomic mass is 9.98. The van der Waals surface area contributed by atoms with Gasteiger partial charge in [-0.1, -0.05) is 11.6 Å². The van der Waals surface area contributed by atoms with Crippen molar-refractivity contribution in [2.75, 3.05) is 32.6 Å². The van der Waals surface area contributed by atoms with Crippen LogP contribution in [0.4, 0.5) is 10.1 Å². The lowest BCUT2D eigenvalue weighted by Gasteiger charge is -2.31. The third-order valence-corrected chi connectivity index (χ3v) is 7.04. The number of benzene rings is 2. The summed E-state index contributed by atoms with van der Waals surface area (Å²) in [5, 5.41) is 3.19. The van der Waals surface area contributed by atoms with Gasteiger partial charge in [0.25, 0.3) is 0 Å². The molecule has 162 valence electrons. The van der Waals surface area contributed by atoms with Crippen LogP contribution in [0.5, 0.6) is 11.5 Å². The Morgan fingerprint density at radius 1 is 1.17 bits per heavy atom. The van der Waals surface area contributed by atoms with Gasteiger partial charge in [0.2, 0.25) is 15.9 Å². The van der Waals surface area contributed by atoms with Gasteiger partial charge in [-0.2, -0.15) is 4.31 Å². The molecule has 0 aliphatic carbocycles. The number of nitrogens with zero attached hydrogens (tertiary/aromatic N) is 1. The Kier molecular flexibility index (Phi) is 6.84. The molecule has 1 aliphatic rings. The van der Waals surface area contributed by atoms with E-state index in [9.17, 15) is 17.6 Å². The van der Waals surface area contributed by atoms with Crippen LogP contribution >= 0.6 is 11.6 Å². The highest BCUT2D eigenvalue weighted by Gasteiger charge is 2.35. The van der Waals surface area contributed by atoms with Gasteiger partial charge < -0.3 is 14.8 Å². The maximum atomic E-state index is 13.7. The summed E-state index contributed by atoms with van der Waals surface area (Å²) in [6.45, 7) is 0.197. The molecule has 1 saturated heterocycles. The fourth-order valence-corrected chi connectivity index (χ4v) is 5.24. The van der Waals surface area contributed by atoms with Crippen molar-refractivity contribution in [3.05, 3.63) is 47.2 Å². The number of methoxy groups -OCH3 is 2. The first-order valence-corrected chi connectivity index (χ1v) is 11.1. The van der Waals surface area contributed by atoms with Crippen LogP contribution in [0.25, 0.3) is 0 Å². The van der Waals surface area contributed by atoms with E-state index in [1.54, 1.807) is 18.2 Å². The van der Waals surface area contributed by atoms with E-state index in [1.807, 2.05) is 0 Å². The average molecular weight is 457 g/mol. The molecule has 1 fully saturated rings. The van der Waals surface area contributed by atoms with Crippen LogP contribution in [0, 0.1) is 11.7 Å². The molecule has 0 unspecified atom stereocenters. The molecule has 10 heteroatoms. The topological polar surface area (TPSA) is 84.9 Å². The van der Waals surface area contributed by atoms with E-state index < -0.39 is 21.8 Å². The summed E-state index contributed by atoms with van der Waals surface area (Å²) in [5.74, 6) is -1.13. The molecule has 0 saturated carbocycles. The van der Waals surface area contributed by atoms with Gasteiger partial charge in [0.15, 0.2) is 0 Å². The molecule has 0 aromatic heterocycles. The largest absolute Gasteiger partial charge is 0.495 e. The van der Waals surface area contributed by atoms with E-state index in [-0.39, 0.29) is 29.6 Å². The molecule has 1 atom stereocenters. The fraction of sp³-hybridized carbons (Fsp3) is 0.350. The van der Waals surface area contributed by atoms with Crippen LogP contribution < -0.4 is 14.8 Å². The van der Waals surface area contributed by atoms with Crippen molar-refractivity contribution in [1.29, 1.82) is 0 Å². The molecule has 1 N–H and O–H groups in total.